The van der Waals surface area contributed by atoms with Crippen LogP contribution in [0.15, 0.2) is 101 Å². The van der Waals surface area contributed by atoms with Crippen molar-refractivity contribution in [1.82, 2.24) is 25.9 Å². The van der Waals surface area contributed by atoms with E-state index in [-0.39, 0.29) is 5.69 Å². The highest BCUT2D eigenvalue weighted by atomic mass is 32.2. The molecule has 0 saturated heterocycles. The fourth-order valence-electron chi connectivity index (χ4n) is 3.59. The number of nitro benzene ring substituents is 1. The van der Waals surface area contributed by atoms with Crippen molar-refractivity contribution in [1.29, 1.82) is 0 Å². The Kier molecular flexibility index (Phi) is 6.23. The van der Waals surface area contributed by atoms with Crippen LogP contribution in [0, 0.1) is 10.1 Å². The van der Waals surface area contributed by atoms with Crippen molar-refractivity contribution in [2.45, 2.75) is 17.3 Å². The van der Waals surface area contributed by atoms with Gasteiger partial charge >= 0.3 is 0 Å². The van der Waals surface area contributed by atoms with Gasteiger partial charge in [0.15, 0.2) is 5.84 Å². The van der Waals surface area contributed by atoms with E-state index < -0.39 is 4.92 Å². The molecule has 0 amide bonds. The predicted octanol–water partition coefficient (Wildman–Crippen LogP) is 4.26. The van der Waals surface area contributed by atoms with E-state index in [0.29, 0.717) is 12.4 Å². The Morgan fingerprint density at radius 3 is 2.32 bits per heavy atom. The molecule has 3 aromatic carbocycles. The number of hydrazone groups is 1. The molecule has 0 aliphatic carbocycles. The first-order valence-electron chi connectivity index (χ1n) is 10.6. The van der Waals surface area contributed by atoms with Crippen LogP contribution in [0.1, 0.15) is 16.7 Å². The quantitative estimate of drug-likeness (QED) is 0.225. The number of benzene rings is 3. The first kappa shape index (κ1) is 21.7. The molecule has 1 aliphatic rings. The van der Waals surface area contributed by atoms with Crippen molar-refractivity contribution < 1.29 is 4.92 Å². The highest BCUT2D eigenvalue weighted by molar-refractivity contribution is 7.98. The van der Waals surface area contributed by atoms with Crippen molar-refractivity contribution >= 4 is 23.3 Å². The molecule has 34 heavy (non-hydrogen) atoms. The van der Waals surface area contributed by atoms with E-state index in [0.717, 1.165) is 27.6 Å². The summed E-state index contributed by atoms with van der Waals surface area (Å²) in [6, 6.07) is 26.8. The van der Waals surface area contributed by atoms with E-state index in [4.69, 9.17) is 0 Å². The van der Waals surface area contributed by atoms with Crippen LogP contribution in [-0.2, 0) is 12.3 Å². The molecule has 5 rings (SSSR count). The van der Waals surface area contributed by atoms with Gasteiger partial charge in [-0.15, -0.1) is 22.4 Å². The van der Waals surface area contributed by atoms with Gasteiger partial charge in [-0.2, -0.15) is 5.10 Å². The smallest absolute Gasteiger partial charge is 0.266 e. The second-order valence-corrected chi connectivity index (χ2v) is 8.52. The van der Waals surface area contributed by atoms with Gasteiger partial charge in [0.25, 0.3) is 5.69 Å². The van der Waals surface area contributed by atoms with Crippen LogP contribution in [0.3, 0.4) is 0 Å². The molecule has 4 aromatic rings. The van der Waals surface area contributed by atoms with Gasteiger partial charge in [-0.3, -0.25) is 15.1 Å². The summed E-state index contributed by atoms with van der Waals surface area (Å²) in [6.45, 7) is 0.461. The predicted molar refractivity (Wildman–Crippen MR) is 131 cm³/mol. The summed E-state index contributed by atoms with van der Waals surface area (Å²) in [5.74, 6) is 1.47. The van der Waals surface area contributed by atoms with E-state index >= 15 is 0 Å². The molecule has 0 radical (unpaired) electrons. The summed E-state index contributed by atoms with van der Waals surface area (Å²) in [5, 5.41) is 22.9. The molecular formula is C24H21N7O2S. The van der Waals surface area contributed by atoms with Crippen molar-refractivity contribution in [2.24, 2.45) is 5.10 Å². The molecule has 170 valence electrons. The molecule has 2 heterocycles. The minimum atomic E-state index is -0.402. The third-order valence-electron chi connectivity index (χ3n) is 5.28. The van der Waals surface area contributed by atoms with Crippen molar-refractivity contribution in [2.75, 3.05) is 0 Å². The standard InChI is InChI=1S/C24H21N7O2S/c32-31(33)21-13-11-18(12-14-21)16-29-23(26-27-28-29)22-15-25-30(20-9-5-2-6-10-20)24(22)34-17-19-7-3-1-4-8-19/h1-15,27-28H,16-17H2. The second kappa shape index (κ2) is 9.77. The van der Waals surface area contributed by atoms with Gasteiger partial charge in [0.2, 0.25) is 0 Å². The third-order valence-corrected chi connectivity index (χ3v) is 6.42. The van der Waals surface area contributed by atoms with Crippen LogP contribution in [0.2, 0.25) is 0 Å². The fraction of sp³-hybridized carbons (Fsp3) is 0.0833. The largest absolute Gasteiger partial charge is 0.269 e. The average molecular weight is 472 g/mol. The summed E-state index contributed by atoms with van der Waals surface area (Å²) in [6.07, 6.45) is 1.82. The second-order valence-electron chi connectivity index (χ2n) is 7.55. The number of hydrazine groups is 2. The van der Waals surface area contributed by atoms with Crippen molar-refractivity contribution in [3.63, 3.8) is 0 Å². The Hall–Kier alpha value is -4.15. The van der Waals surface area contributed by atoms with E-state index in [1.54, 1.807) is 23.9 Å². The highest BCUT2D eigenvalue weighted by Crippen LogP contribution is 2.30. The number of non-ortho nitro benzene ring substituents is 1. The molecule has 1 aliphatic heterocycles. The molecule has 10 heteroatoms. The van der Waals surface area contributed by atoms with E-state index in [1.807, 2.05) is 64.4 Å². The molecule has 2 N–H and O–H groups in total. The number of para-hydroxylation sites is 1. The third kappa shape index (κ3) is 4.63. The molecule has 0 spiro atoms. The molecule has 0 unspecified atom stereocenters. The number of nitrogens with one attached hydrogen (secondary N) is 2. The number of nitrogens with zero attached hydrogens (tertiary/aromatic N) is 5. The summed E-state index contributed by atoms with van der Waals surface area (Å²) < 4.78 is 1.92. The molecule has 0 bridgehead atoms. The maximum Gasteiger partial charge on any atom is 0.269 e. The Balaban J connectivity index is 1.44. The van der Waals surface area contributed by atoms with Crippen LogP contribution in [0.25, 0.3) is 5.69 Å². The molecule has 9 nitrogen and oxygen atoms in total. The average Bonchev–Trinajstić information content (AvgIpc) is 3.51. The van der Waals surface area contributed by atoms with Crippen LogP contribution in [0.5, 0.6) is 0 Å². The van der Waals surface area contributed by atoms with E-state index in [9.17, 15) is 10.1 Å². The topological polar surface area (TPSA) is 101 Å². The lowest BCUT2D eigenvalue weighted by molar-refractivity contribution is -0.384. The van der Waals surface area contributed by atoms with Gasteiger partial charge in [0, 0.05) is 17.9 Å². The minimum Gasteiger partial charge on any atom is -0.266 e. The maximum atomic E-state index is 11.0. The number of thioether (sulfide) groups is 1. The van der Waals surface area contributed by atoms with Crippen molar-refractivity contribution in [3.8, 4) is 5.69 Å². The van der Waals surface area contributed by atoms with Gasteiger partial charge in [-0.25, -0.2) is 10.2 Å². The monoisotopic (exact) mass is 471 g/mol. The fourth-order valence-corrected chi connectivity index (χ4v) is 4.66. The van der Waals surface area contributed by atoms with Gasteiger partial charge in [-0.1, -0.05) is 60.7 Å². The molecule has 0 fully saturated rings. The summed E-state index contributed by atoms with van der Waals surface area (Å²) in [4.78, 5) is 10.6. The lowest BCUT2D eigenvalue weighted by Crippen LogP contribution is -2.40. The van der Waals surface area contributed by atoms with Crippen LogP contribution in [-0.4, -0.2) is 25.5 Å². The van der Waals surface area contributed by atoms with Gasteiger partial charge < -0.3 is 0 Å². The number of aromatic nitrogens is 2. The molecular weight excluding hydrogens is 450 g/mol. The Labute approximate surface area is 200 Å². The van der Waals surface area contributed by atoms with Crippen molar-refractivity contribution in [3.05, 3.63) is 118 Å². The Morgan fingerprint density at radius 1 is 0.912 bits per heavy atom. The zero-order chi connectivity index (χ0) is 23.3. The zero-order valence-electron chi connectivity index (χ0n) is 18.0. The number of hydrogen-bond donors (Lipinski definition) is 2. The summed E-state index contributed by atoms with van der Waals surface area (Å²) in [5.41, 5.74) is 9.90. The van der Waals surface area contributed by atoms with Crippen LogP contribution < -0.4 is 11.1 Å². The maximum absolute atomic E-state index is 11.0. The number of hydrogen-bond acceptors (Lipinski definition) is 8. The Morgan fingerprint density at radius 2 is 1.62 bits per heavy atom. The Bertz CT molecular complexity index is 1310. The highest BCUT2D eigenvalue weighted by Gasteiger charge is 2.26. The number of nitro groups is 1. The molecule has 0 saturated carbocycles. The van der Waals surface area contributed by atoms with Gasteiger partial charge in [0.05, 0.1) is 28.9 Å². The summed E-state index contributed by atoms with van der Waals surface area (Å²) >= 11 is 1.69. The molecule has 0 atom stereocenters. The van der Waals surface area contributed by atoms with E-state index in [2.05, 4.69) is 33.4 Å². The number of amidine groups is 1. The van der Waals surface area contributed by atoms with Gasteiger partial charge in [-0.05, 0) is 23.3 Å². The lowest BCUT2D eigenvalue weighted by Gasteiger charge is -2.19. The number of rotatable bonds is 8. The van der Waals surface area contributed by atoms with Gasteiger partial charge in [0.1, 0.15) is 5.03 Å². The SMILES string of the molecule is O=[N+]([O-])c1ccc(CN2NNN=C2c2cnn(-c3ccccc3)c2SCc2ccccc2)cc1. The zero-order valence-corrected chi connectivity index (χ0v) is 18.9. The lowest BCUT2D eigenvalue weighted by atomic mass is 10.2. The van der Waals surface area contributed by atoms with E-state index in [1.165, 1.54) is 17.7 Å². The van der Waals surface area contributed by atoms with Crippen LogP contribution >= 0.6 is 11.8 Å². The minimum absolute atomic E-state index is 0.0638. The normalized spacial score (nSPS) is 12.9. The van der Waals surface area contributed by atoms with Crippen LogP contribution in [0.4, 0.5) is 5.69 Å². The first-order chi connectivity index (χ1) is 16.7. The summed E-state index contributed by atoms with van der Waals surface area (Å²) in [7, 11) is 0. The first-order valence-corrected chi connectivity index (χ1v) is 11.6. The molecule has 1 aromatic heterocycles.